The SMILES string of the molecule is COCC(O)CNC(=O)c1cnn(-c2ccc(C)cc2)c1C(C)C. The van der Waals surface area contributed by atoms with E-state index in [0.717, 1.165) is 11.4 Å². The summed E-state index contributed by atoms with van der Waals surface area (Å²) in [4.78, 5) is 12.5. The highest BCUT2D eigenvalue weighted by atomic mass is 16.5. The molecule has 0 saturated carbocycles. The van der Waals surface area contributed by atoms with E-state index in [-0.39, 0.29) is 25.0 Å². The van der Waals surface area contributed by atoms with Crippen molar-refractivity contribution in [2.24, 2.45) is 0 Å². The maximum absolute atomic E-state index is 12.5. The summed E-state index contributed by atoms with van der Waals surface area (Å²) in [5.74, 6) is -0.120. The number of aliphatic hydroxyl groups is 1. The van der Waals surface area contributed by atoms with E-state index in [2.05, 4.69) is 10.4 Å². The van der Waals surface area contributed by atoms with E-state index >= 15 is 0 Å². The van der Waals surface area contributed by atoms with E-state index in [9.17, 15) is 9.90 Å². The van der Waals surface area contributed by atoms with E-state index in [0.29, 0.717) is 5.56 Å². The van der Waals surface area contributed by atoms with Gasteiger partial charge in [0.2, 0.25) is 0 Å². The molecule has 1 aromatic carbocycles. The zero-order chi connectivity index (χ0) is 17.7. The third kappa shape index (κ3) is 4.21. The Morgan fingerprint density at radius 3 is 2.58 bits per heavy atom. The number of hydrogen-bond acceptors (Lipinski definition) is 4. The standard InChI is InChI=1S/C18H25N3O3/c1-12(2)17-16(18(23)19-9-15(22)11-24-4)10-20-21(17)14-7-5-13(3)6-8-14/h5-8,10,12,15,22H,9,11H2,1-4H3,(H,19,23). The van der Waals surface area contributed by atoms with Gasteiger partial charge in [-0.3, -0.25) is 4.79 Å². The molecule has 2 rings (SSSR count). The van der Waals surface area contributed by atoms with Crippen molar-refractivity contribution >= 4 is 5.91 Å². The summed E-state index contributed by atoms with van der Waals surface area (Å²) < 4.78 is 6.65. The fraction of sp³-hybridized carbons (Fsp3) is 0.444. The van der Waals surface area contributed by atoms with Crippen molar-refractivity contribution in [1.82, 2.24) is 15.1 Å². The Hall–Kier alpha value is -2.18. The van der Waals surface area contributed by atoms with Crippen molar-refractivity contribution in [3.05, 3.63) is 47.3 Å². The highest BCUT2D eigenvalue weighted by Gasteiger charge is 2.21. The molecule has 1 unspecified atom stereocenters. The number of carbonyl (C=O) groups excluding carboxylic acids is 1. The minimum absolute atomic E-state index is 0.124. The summed E-state index contributed by atoms with van der Waals surface area (Å²) in [6, 6.07) is 8.00. The van der Waals surface area contributed by atoms with E-state index in [1.165, 1.54) is 12.7 Å². The number of benzene rings is 1. The molecule has 130 valence electrons. The molecule has 2 N–H and O–H groups in total. The number of hydrogen-bond donors (Lipinski definition) is 2. The smallest absolute Gasteiger partial charge is 0.254 e. The lowest BCUT2D eigenvalue weighted by molar-refractivity contribution is 0.0609. The van der Waals surface area contributed by atoms with Gasteiger partial charge in [0.15, 0.2) is 0 Å². The van der Waals surface area contributed by atoms with Crippen molar-refractivity contribution in [1.29, 1.82) is 0 Å². The molecular formula is C18H25N3O3. The molecule has 6 nitrogen and oxygen atoms in total. The van der Waals surface area contributed by atoms with Gasteiger partial charge in [-0.1, -0.05) is 31.5 Å². The Balaban J connectivity index is 2.25. The van der Waals surface area contributed by atoms with Crippen LogP contribution >= 0.6 is 0 Å². The second-order valence-electron chi connectivity index (χ2n) is 6.16. The number of aliphatic hydroxyl groups excluding tert-OH is 1. The maximum Gasteiger partial charge on any atom is 0.254 e. The first-order chi connectivity index (χ1) is 11.4. The number of rotatable bonds is 7. The van der Waals surface area contributed by atoms with Crippen LogP contribution in [0.15, 0.2) is 30.5 Å². The van der Waals surface area contributed by atoms with Crippen LogP contribution in [0.3, 0.4) is 0 Å². The van der Waals surface area contributed by atoms with E-state index in [1.807, 2.05) is 45.0 Å². The molecule has 0 saturated heterocycles. The number of aryl methyl sites for hydroxylation is 1. The van der Waals surface area contributed by atoms with Crippen LogP contribution in [0.1, 0.15) is 41.4 Å². The lowest BCUT2D eigenvalue weighted by atomic mass is 10.0. The van der Waals surface area contributed by atoms with Crippen LogP contribution < -0.4 is 5.32 Å². The van der Waals surface area contributed by atoms with Crippen molar-refractivity contribution in [2.45, 2.75) is 32.8 Å². The number of aromatic nitrogens is 2. The molecule has 2 aromatic rings. The molecule has 0 aliphatic carbocycles. The molecule has 1 aromatic heterocycles. The zero-order valence-corrected chi connectivity index (χ0v) is 14.6. The molecular weight excluding hydrogens is 306 g/mol. The first kappa shape index (κ1) is 18.2. The fourth-order valence-electron chi connectivity index (χ4n) is 2.54. The van der Waals surface area contributed by atoms with Gasteiger partial charge in [-0.05, 0) is 25.0 Å². The van der Waals surface area contributed by atoms with Crippen LogP contribution in [0.4, 0.5) is 0 Å². The highest BCUT2D eigenvalue weighted by molar-refractivity contribution is 5.95. The first-order valence-electron chi connectivity index (χ1n) is 8.04. The van der Waals surface area contributed by atoms with Crippen LogP contribution in [0.25, 0.3) is 5.69 Å². The molecule has 1 heterocycles. The summed E-state index contributed by atoms with van der Waals surface area (Å²) in [5.41, 5.74) is 3.46. The quantitative estimate of drug-likeness (QED) is 0.814. The average molecular weight is 331 g/mol. The van der Waals surface area contributed by atoms with Crippen molar-refractivity contribution in [2.75, 3.05) is 20.3 Å². The summed E-state index contributed by atoms with van der Waals surface area (Å²) in [7, 11) is 1.51. The van der Waals surface area contributed by atoms with E-state index in [1.54, 1.807) is 10.9 Å². The Kier molecular flexibility index (Phi) is 6.11. The number of ether oxygens (including phenoxy) is 1. The second-order valence-corrected chi connectivity index (χ2v) is 6.16. The number of methoxy groups -OCH3 is 1. The predicted molar refractivity (Wildman–Crippen MR) is 92.6 cm³/mol. The number of nitrogens with one attached hydrogen (secondary N) is 1. The lowest BCUT2D eigenvalue weighted by Gasteiger charge is -2.14. The van der Waals surface area contributed by atoms with Crippen molar-refractivity contribution < 1.29 is 14.6 Å². The number of amides is 1. The van der Waals surface area contributed by atoms with Gasteiger partial charge in [-0.2, -0.15) is 5.10 Å². The van der Waals surface area contributed by atoms with Crippen LogP contribution in [0, 0.1) is 6.92 Å². The summed E-state index contributed by atoms with van der Waals surface area (Å²) >= 11 is 0. The minimum atomic E-state index is -0.728. The molecule has 1 amide bonds. The molecule has 24 heavy (non-hydrogen) atoms. The van der Waals surface area contributed by atoms with Gasteiger partial charge in [-0.15, -0.1) is 0 Å². The minimum Gasteiger partial charge on any atom is -0.389 e. The molecule has 0 aliphatic heterocycles. The third-order valence-electron chi connectivity index (χ3n) is 3.73. The zero-order valence-electron chi connectivity index (χ0n) is 14.6. The average Bonchev–Trinajstić information content (AvgIpc) is 2.99. The number of nitrogens with zero attached hydrogens (tertiary/aromatic N) is 2. The van der Waals surface area contributed by atoms with E-state index < -0.39 is 6.10 Å². The normalized spacial score (nSPS) is 12.4. The number of carbonyl (C=O) groups is 1. The molecule has 0 bridgehead atoms. The predicted octanol–water partition coefficient (Wildman–Crippen LogP) is 2.04. The molecule has 0 spiro atoms. The summed E-state index contributed by atoms with van der Waals surface area (Å²) in [6.07, 6.45) is 0.848. The molecule has 0 radical (unpaired) electrons. The van der Waals surface area contributed by atoms with Crippen LogP contribution in [0.2, 0.25) is 0 Å². The third-order valence-corrected chi connectivity index (χ3v) is 3.73. The Morgan fingerprint density at radius 2 is 2.00 bits per heavy atom. The van der Waals surface area contributed by atoms with Crippen LogP contribution in [-0.2, 0) is 4.74 Å². The Morgan fingerprint density at radius 1 is 1.33 bits per heavy atom. The molecule has 1 atom stereocenters. The summed E-state index contributed by atoms with van der Waals surface area (Å²) in [5, 5.41) is 16.8. The van der Waals surface area contributed by atoms with Crippen molar-refractivity contribution in [3.8, 4) is 5.69 Å². The first-order valence-corrected chi connectivity index (χ1v) is 8.04. The molecule has 6 heteroatoms. The molecule has 0 aliphatic rings. The van der Waals surface area contributed by atoms with Gasteiger partial charge >= 0.3 is 0 Å². The highest BCUT2D eigenvalue weighted by Crippen LogP contribution is 2.23. The largest absolute Gasteiger partial charge is 0.389 e. The van der Waals surface area contributed by atoms with Crippen LogP contribution in [0.5, 0.6) is 0 Å². The summed E-state index contributed by atoms with van der Waals surface area (Å²) in [6.45, 7) is 6.40. The Labute approximate surface area is 142 Å². The monoisotopic (exact) mass is 331 g/mol. The van der Waals surface area contributed by atoms with Gasteiger partial charge in [0.1, 0.15) is 0 Å². The van der Waals surface area contributed by atoms with Crippen molar-refractivity contribution in [3.63, 3.8) is 0 Å². The van der Waals surface area contributed by atoms with Gasteiger partial charge in [-0.25, -0.2) is 4.68 Å². The molecule has 0 fully saturated rings. The lowest BCUT2D eigenvalue weighted by Crippen LogP contribution is -2.34. The van der Waals surface area contributed by atoms with E-state index in [4.69, 9.17) is 4.74 Å². The van der Waals surface area contributed by atoms with Crippen LogP contribution in [-0.4, -0.2) is 47.2 Å². The fourth-order valence-corrected chi connectivity index (χ4v) is 2.54. The van der Waals surface area contributed by atoms with Gasteiger partial charge in [0.25, 0.3) is 5.91 Å². The van der Waals surface area contributed by atoms with Gasteiger partial charge in [0.05, 0.1) is 35.9 Å². The maximum atomic E-state index is 12.5. The van der Waals surface area contributed by atoms with Gasteiger partial charge in [0, 0.05) is 13.7 Å². The topological polar surface area (TPSA) is 76.4 Å². The second kappa shape index (κ2) is 8.08. The van der Waals surface area contributed by atoms with Gasteiger partial charge < -0.3 is 15.2 Å². The Bertz CT molecular complexity index is 677.